The summed E-state index contributed by atoms with van der Waals surface area (Å²) in [7, 11) is -3.87. The summed E-state index contributed by atoms with van der Waals surface area (Å²) in [5.41, 5.74) is 3.14. The maximum absolute atomic E-state index is 13.0. The molecule has 0 aliphatic carbocycles. The first-order valence-electron chi connectivity index (χ1n) is 9.25. The van der Waals surface area contributed by atoms with E-state index < -0.39 is 33.5 Å². The molecule has 3 rings (SSSR count). The van der Waals surface area contributed by atoms with E-state index in [1.165, 1.54) is 30.3 Å². The normalized spacial score (nSPS) is 12.4. The molecule has 0 aliphatic rings. The third-order valence-corrected chi connectivity index (χ3v) is 5.88. The molecule has 0 saturated carbocycles. The van der Waals surface area contributed by atoms with Crippen LogP contribution >= 0.6 is 0 Å². The zero-order chi connectivity index (χ0) is 24.4. The number of halogens is 6. The molecule has 33 heavy (non-hydrogen) atoms. The van der Waals surface area contributed by atoms with Gasteiger partial charge in [-0.2, -0.15) is 26.3 Å². The number of anilines is 3. The van der Waals surface area contributed by atoms with E-state index in [0.29, 0.717) is 12.1 Å². The Labute approximate surface area is 185 Å². The number of nitrogens with one attached hydrogen (secondary N) is 2. The van der Waals surface area contributed by atoms with Crippen LogP contribution < -0.4 is 15.8 Å². The summed E-state index contributed by atoms with van der Waals surface area (Å²) in [4.78, 5) is 0.0239. The van der Waals surface area contributed by atoms with Crippen molar-refractivity contribution >= 4 is 27.1 Å². The summed E-state index contributed by atoms with van der Waals surface area (Å²) in [6, 6.07) is 12.8. The van der Waals surface area contributed by atoms with Gasteiger partial charge in [-0.1, -0.05) is 18.2 Å². The van der Waals surface area contributed by atoms with Gasteiger partial charge >= 0.3 is 12.4 Å². The first kappa shape index (κ1) is 24.2. The van der Waals surface area contributed by atoms with Crippen LogP contribution in [0.3, 0.4) is 0 Å². The molecule has 0 spiro atoms. The third-order valence-electron chi connectivity index (χ3n) is 4.49. The predicted octanol–water partition coefficient (Wildman–Crippen LogP) is 5.72. The van der Waals surface area contributed by atoms with Gasteiger partial charge < -0.3 is 11.1 Å². The first-order chi connectivity index (χ1) is 15.3. The van der Waals surface area contributed by atoms with E-state index >= 15 is 0 Å². The average Bonchev–Trinajstić information content (AvgIpc) is 2.72. The molecule has 12 heteroatoms. The number of hydrogen-bond donors (Lipinski definition) is 3. The van der Waals surface area contributed by atoms with Gasteiger partial charge in [-0.15, -0.1) is 0 Å². The van der Waals surface area contributed by atoms with Gasteiger partial charge in [0.25, 0.3) is 10.0 Å². The second-order valence-corrected chi connectivity index (χ2v) is 8.67. The summed E-state index contributed by atoms with van der Waals surface area (Å²) in [6.45, 7) is -0.383. The van der Waals surface area contributed by atoms with Crippen molar-refractivity contribution in [3.05, 3.63) is 83.4 Å². The van der Waals surface area contributed by atoms with Crippen molar-refractivity contribution in [1.29, 1.82) is 0 Å². The molecular weight excluding hydrogens is 472 g/mol. The lowest BCUT2D eigenvalue weighted by molar-refractivity contribution is -0.143. The summed E-state index contributed by atoms with van der Waals surface area (Å²) < 4.78 is 105. The zero-order valence-corrected chi connectivity index (χ0v) is 17.4. The maximum atomic E-state index is 13.0. The number of benzene rings is 3. The monoisotopic (exact) mass is 489 g/mol. The van der Waals surface area contributed by atoms with E-state index in [1.54, 1.807) is 18.2 Å². The highest BCUT2D eigenvalue weighted by atomic mass is 32.2. The fourth-order valence-electron chi connectivity index (χ4n) is 2.92. The van der Waals surface area contributed by atoms with Gasteiger partial charge in [0.05, 0.1) is 33.1 Å². The second kappa shape index (κ2) is 8.85. The SMILES string of the molecule is Nc1cc(NS(=O)(=O)c2ccccc2)ccc1NCc1cc(C(F)(F)F)cc(C(F)(F)F)c1. The van der Waals surface area contributed by atoms with Gasteiger partial charge in [-0.25, -0.2) is 8.42 Å². The number of nitrogens with two attached hydrogens (primary N) is 1. The quantitative estimate of drug-likeness (QED) is 0.306. The molecule has 0 fully saturated rings. The number of nitrogen functional groups attached to an aromatic ring is 1. The lowest BCUT2D eigenvalue weighted by Gasteiger charge is -2.16. The van der Waals surface area contributed by atoms with Crippen LogP contribution in [0.5, 0.6) is 0 Å². The number of alkyl halides is 6. The molecule has 0 unspecified atom stereocenters. The van der Waals surface area contributed by atoms with Gasteiger partial charge in [-0.3, -0.25) is 4.72 Å². The third kappa shape index (κ3) is 6.09. The van der Waals surface area contributed by atoms with Crippen LogP contribution in [-0.2, 0) is 28.9 Å². The highest BCUT2D eigenvalue weighted by Crippen LogP contribution is 2.36. The average molecular weight is 489 g/mol. The molecular formula is C21H17F6N3O2S. The molecule has 176 valence electrons. The van der Waals surface area contributed by atoms with E-state index in [4.69, 9.17) is 5.73 Å². The Morgan fingerprint density at radius 3 is 1.88 bits per heavy atom. The van der Waals surface area contributed by atoms with E-state index in [9.17, 15) is 34.8 Å². The lowest BCUT2D eigenvalue weighted by atomic mass is 10.0. The molecule has 0 saturated heterocycles. The molecule has 0 aromatic heterocycles. The highest BCUT2D eigenvalue weighted by molar-refractivity contribution is 7.92. The van der Waals surface area contributed by atoms with Gasteiger partial charge in [0.15, 0.2) is 0 Å². The highest BCUT2D eigenvalue weighted by Gasteiger charge is 2.36. The first-order valence-corrected chi connectivity index (χ1v) is 10.7. The predicted molar refractivity (Wildman–Crippen MR) is 112 cm³/mol. The van der Waals surface area contributed by atoms with Crippen LogP contribution in [0.2, 0.25) is 0 Å². The van der Waals surface area contributed by atoms with E-state index in [-0.39, 0.29) is 40.1 Å². The molecule has 0 atom stereocenters. The summed E-state index contributed by atoms with van der Waals surface area (Å²) >= 11 is 0. The van der Waals surface area contributed by atoms with E-state index in [1.807, 2.05) is 0 Å². The maximum Gasteiger partial charge on any atom is 0.416 e. The van der Waals surface area contributed by atoms with Gasteiger partial charge in [-0.05, 0) is 54.1 Å². The molecule has 4 N–H and O–H groups in total. The summed E-state index contributed by atoms with van der Waals surface area (Å²) in [5, 5.41) is 2.67. The van der Waals surface area contributed by atoms with Crippen LogP contribution in [0.15, 0.2) is 71.6 Å². The fraction of sp³-hybridized carbons (Fsp3) is 0.143. The van der Waals surface area contributed by atoms with Crippen molar-refractivity contribution in [1.82, 2.24) is 0 Å². The topological polar surface area (TPSA) is 84.2 Å². The van der Waals surface area contributed by atoms with Gasteiger partial charge in [0.1, 0.15) is 0 Å². The molecule has 0 heterocycles. The number of sulfonamides is 1. The van der Waals surface area contributed by atoms with Crippen LogP contribution in [0, 0.1) is 0 Å². The second-order valence-electron chi connectivity index (χ2n) is 6.99. The molecule has 3 aromatic rings. The molecule has 0 amide bonds. The molecule has 0 bridgehead atoms. The zero-order valence-electron chi connectivity index (χ0n) is 16.6. The largest absolute Gasteiger partial charge is 0.416 e. The van der Waals surface area contributed by atoms with Crippen molar-refractivity contribution in [2.24, 2.45) is 0 Å². The molecule has 3 aromatic carbocycles. The van der Waals surface area contributed by atoms with Crippen molar-refractivity contribution in [2.45, 2.75) is 23.8 Å². The Hall–Kier alpha value is -3.41. The Morgan fingerprint density at radius 2 is 1.36 bits per heavy atom. The van der Waals surface area contributed by atoms with Crippen LogP contribution in [-0.4, -0.2) is 8.42 Å². The van der Waals surface area contributed by atoms with Crippen molar-refractivity contribution in [3.8, 4) is 0 Å². The minimum Gasteiger partial charge on any atom is -0.397 e. The minimum absolute atomic E-state index is 0.0239. The molecule has 0 radical (unpaired) electrons. The van der Waals surface area contributed by atoms with Crippen molar-refractivity contribution in [3.63, 3.8) is 0 Å². The van der Waals surface area contributed by atoms with Gasteiger partial charge in [0.2, 0.25) is 0 Å². The van der Waals surface area contributed by atoms with E-state index in [0.717, 1.165) is 0 Å². The Bertz CT molecular complexity index is 1210. The summed E-state index contributed by atoms with van der Waals surface area (Å²) in [5.74, 6) is 0. The van der Waals surface area contributed by atoms with Crippen molar-refractivity contribution in [2.75, 3.05) is 15.8 Å². The standard InChI is InChI=1S/C21H17F6N3O2S/c22-20(23,24)14-8-13(9-15(10-14)21(25,26)27)12-29-19-7-6-16(11-18(19)28)30-33(31,32)17-4-2-1-3-5-17/h1-11,29-30H,12,28H2. The molecule has 0 aliphatic heterocycles. The Kier molecular flexibility index (Phi) is 6.50. The summed E-state index contributed by atoms with van der Waals surface area (Å²) in [6.07, 6.45) is -9.90. The van der Waals surface area contributed by atoms with Crippen LogP contribution in [0.1, 0.15) is 16.7 Å². The van der Waals surface area contributed by atoms with Gasteiger partial charge in [0, 0.05) is 6.54 Å². The number of hydrogen-bond acceptors (Lipinski definition) is 4. The van der Waals surface area contributed by atoms with Crippen LogP contribution in [0.4, 0.5) is 43.4 Å². The fourth-order valence-corrected chi connectivity index (χ4v) is 3.99. The Morgan fingerprint density at radius 1 is 0.788 bits per heavy atom. The lowest BCUT2D eigenvalue weighted by Crippen LogP contribution is -2.14. The Balaban J connectivity index is 1.79. The molecule has 5 nitrogen and oxygen atoms in total. The van der Waals surface area contributed by atoms with Crippen LogP contribution in [0.25, 0.3) is 0 Å². The van der Waals surface area contributed by atoms with E-state index in [2.05, 4.69) is 10.0 Å². The number of rotatable bonds is 6. The smallest absolute Gasteiger partial charge is 0.397 e. The minimum atomic E-state index is -4.95. The van der Waals surface area contributed by atoms with Crippen molar-refractivity contribution < 1.29 is 34.8 Å².